The van der Waals surface area contributed by atoms with Gasteiger partial charge in [0.05, 0.1) is 5.56 Å². The van der Waals surface area contributed by atoms with E-state index in [-0.39, 0.29) is 5.91 Å². The fraction of sp³-hybridized carbons (Fsp3) is 0.263. The van der Waals surface area contributed by atoms with E-state index in [9.17, 15) is 9.59 Å². The molecule has 4 heteroatoms. The number of ether oxygens (including phenoxy) is 1. The second-order valence-electron chi connectivity index (χ2n) is 6.03. The Morgan fingerprint density at radius 1 is 1.00 bits per heavy atom. The van der Waals surface area contributed by atoms with Crippen LogP contribution in [-0.2, 0) is 28.9 Å². The van der Waals surface area contributed by atoms with Gasteiger partial charge in [0.15, 0.2) is 6.10 Å². The molecule has 2 heterocycles. The van der Waals surface area contributed by atoms with E-state index < -0.39 is 12.1 Å². The van der Waals surface area contributed by atoms with Crippen LogP contribution in [0, 0.1) is 0 Å². The third-order valence-corrected chi connectivity index (χ3v) is 4.61. The van der Waals surface area contributed by atoms with Crippen LogP contribution in [0.2, 0.25) is 0 Å². The van der Waals surface area contributed by atoms with Crippen LogP contribution in [0.15, 0.2) is 48.5 Å². The number of amides is 1. The molecule has 2 aliphatic rings. The summed E-state index contributed by atoms with van der Waals surface area (Å²) in [5.74, 6) is -0.495. The van der Waals surface area contributed by atoms with Crippen LogP contribution in [0.4, 0.5) is 0 Å². The Kier molecular flexibility index (Phi) is 3.37. The topological polar surface area (TPSA) is 46.6 Å². The molecule has 0 aromatic heterocycles. The van der Waals surface area contributed by atoms with E-state index in [1.165, 1.54) is 11.1 Å². The molecule has 23 heavy (non-hydrogen) atoms. The number of nitrogens with zero attached hydrogens (tertiary/aromatic N) is 1. The predicted molar refractivity (Wildman–Crippen MR) is 84.9 cm³/mol. The van der Waals surface area contributed by atoms with E-state index in [0.29, 0.717) is 25.1 Å². The number of fused-ring (bicyclic) bond motifs is 2. The van der Waals surface area contributed by atoms with Crippen molar-refractivity contribution < 1.29 is 14.3 Å². The number of carbonyl (C=O) groups is 2. The normalized spacial score (nSPS) is 19.6. The van der Waals surface area contributed by atoms with Crippen LogP contribution in [0.3, 0.4) is 0 Å². The minimum absolute atomic E-state index is 0.0950. The summed E-state index contributed by atoms with van der Waals surface area (Å²) in [4.78, 5) is 26.7. The van der Waals surface area contributed by atoms with Gasteiger partial charge < -0.3 is 9.64 Å². The molecule has 1 atom stereocenters. The first-order valence-corrected chi connectivity index (χ1v) is 7.87. The number of rotatable bonds is 1. The lowest BCUT2D eigenvalue weighted by Crippen LogP contribution is -2.46. The molecule has 0 aliphatic carbocycles. The van der Waals surface area contributed by atoms with E-state index in [1.807, 2.05) is 30.3 Å². The molecule has 0 fully saturated rings. The highest BCUT2D eigenvalue weighted by Gasteiger charge is 2.34. The van der Waals surface area contributed by atoms with Crippen molar-refractivity contribution in [2.45, 2.75) is 25.5 Å². The minimum Gasteiger partial charge on any atom is -0.448 e. The van der Waals surface area contributed by atoms with Crippen molar-refractivity contribution in [3.8, 4) is 0 Å². The molecular formula is C19H17NO3. The zero-order valence-electron chi connectivity index (χ0n) is 12.7. The standard InChI is InChI=1S/C19H17NO3/c21-18(20-10-9-13-5-1-2-7-15(13)12-20)17-11-14-6-3-4-8-16(14)19(22)23-17/h1-8,17H,9-12H2/t17-/m1/s1. The van der Waals surface area contributed by atoms with Crippen LogP contribution in [-0.4, -0.2) is 29.4 Å². The Morgan fingerprint density at radius 2 is 1.70 bits per heavy atom. The molecule has 0 N–H and O–H groups in total. The third-order valence-electron chi connectivity index (χ3n) is 4.61. The SMILES string of the molecule is O=C1O[C@@H](C(=O)N2CCc3ccccc3C2)Cc2ccccc21. The highest BCUT2D eigenvalue weighted by molar-refractivity contribution is 5.95. The molecular weight excluding hydrogens is 290 g/mol. The Morgan fingerprint density at radius 3 is 2.52 bits per heavy atom. The highest BCUT2D eigenvalue weighted by Crippen LogP contribution is 2.24. The van der Waals surface area contributed by atoms with Gasteiger partial charge in [-0.3, -0.25) is 4.79 Å². The number of esters is 1. The van der Waals surface area contributed by atoms with Gasteiger partial charge in [-0.05, 0) is 29.2 Å². The van der Waals surface area contributed by atoms with Crippen molar-refractivity contribution in [3.63, 3.8) is 0 Å². The Hall–Kier alpha value is -2.62. The monoisotopic (exact) mass is 307 g/mol. The molecule has 1 amide bonds. The maximum Gasteiger partial charge on any atom is 0.339 e. The number of benzene rings is 2. The number of carbonyl (C=O) groups excluding carboxylic acids is 2. The van der Waals surface area contributed by atoms with Crippen LogP contribution >= 0.6 is 0 Å². The van der Waals surface area contributed by atoms with Crippen molar-refractivity contribution in [2.75, 3.05) is 6.54 Å². The summed E-state index contributed by atoms with van der Waals surface area (Å²) in [6, 6.07) is 15.5. The lowest BCUT2D eigenvalue weighted by molar-refractivity contribution is -0.142. The molecule has 0 radical (unpaired) electrons. The smallest absolute Gasteiger partial charge is 0.339 e. The van der Waals surface area contributed by atoms with Gasteiger partial charge in [0, 0.05) is 19.5 Å². The number of hydrogen-bond donors (Lipinski definition) is 0. The fourth-order valence-corrected chi connectivity index (χ4v) is 3.36. The summed E-state index contributed by atoms with van der Waals surface area (Å²) in [5.41, 5.74) is 3.93. The third kappa shape index (κ3) is 2.50. The van der Waals surface area contributed by atoms with Gasteiger partial charge in [0.2, 0.25) is 0 Å². The Balaban J connectivity index is 1.54. The summed E-state index contributed by atoms with van der Waals surface area (Å²) >= 11 is 0. The Labute approximate surface area is 134 Å². The molecule has 2 aromatic carbocycles. The average molecular weight is 307 g/mol. The van der Waals surface area contributed by atoms with Gasteiger partial charge in [-0.15, -0.1) is 0 Å². The van der Waals surface area contributed by atoms with Crippen LogP contribution in [0.25, 0.3) is 0 Å². The summed E-state index contributed by atoms with van der Waals surface area (Å²) in [6.45, 7) is 1.26. The lowest BCUT2D eigenvalue weighted by Gasteiger charge is -2.33. The molecule has 0 saturated heterocycles. The molecule has 4 nitrogen and oxygen atoms in total. The summed E-state index contributed by atoms with van der Waals surface area (Å²) in [5, 5.41) is 0. The Bertz CT molecular complexity index is 784. The molecule has 0 saturated carbocycles. The second kappa shape index (κ2) is 5.54. The van der Waals surface area contributed by atoms with Gasteiger partial charge in [0.1, 0.15) is 0 Å². The molecule has 0 bridgehead atoms. The van der Waals surface area contributed by atoms with E-state index >= 15 is 0 Å². The lowest BCUT2D eigenvalue weighted by atomic mass is 9.96. The van der Waals surface area contributed by atoms with Crippen molar-refractivity contribution >= 4 is 11.9 Å². The van der Waals surface area contributed by atoms with Gasteiger partial charge in [0.25, 0.3) is 5.91 Å². The first kappa shape index (κ1) is 14.0. The van der Waals surface area contributed by atoms with Crippen LogP contribution in [0.1, 0.15) is 27.0 Å². The zero-order valence-corrected chi connectivity index (χ0v) is 12.7. The molecule has 0 unspecified atom stereocenters. The van der Waals surface area contributed by atoms with E-state index in [2.05, 4.69) is 12.1 Å². The predicted octanol–water partition coefficient (Wildman–Crippen LogP) is 2.35. The van der Waals surface area contributed by atoms with Gasteiger partial charge >= 0.3 is 5.97 Å². The number of cyclic esters (lactones) is 1. The van der Waals surface area contributed by atoms with E-state index in [1.54, 1.807) is 11.0 Å². The van der Waals surface area contributed by atoms with Gasteiger partial charge in [-0.1, -0.05) is 42.5 Å². The van der Waals surface area contributed by atoms with E-state index in [0.717, 1.165) is 12.0 Å². The molecule has 0 spiro atoms. The van der Waals surface area contributed by atoms with Gasteiger partial charge in [-0.2, -0.15) is 0 Å². The number of hydrogen-bond acceptors (Lipinski definition) is 3. The van der Waals surface area contributed by atoms with Crippen LogP contribution in [0.5, 0.6) is 0 Å². The van der Waals surface area contributed by atoms with Crippen molar-refractivity contribution in [2.24, 2.45) is 0 Å². The van der Waals surface area contributed by atoms with Crippen molar-refractivity contribution in [1.82, 2.24) is 4.90 Å². The maximum absolute atomic E-state index is 12.8. The van der Waals surface area contributed by atoms with Crippen molar-refractivity contribution in [3.05, 3.63) is 70.8 Å². The molecule has 116 valence electrons. The largest absolute Gasteiger partial charge is 0.448 e. The minimum atomic E-state index is -0.706. The van der Waals surface area contributed by atoms with Crippen molar-refractivity contribution in [1.29, 1.82) is 0 Å². The highest BCUT2D eigenvalue weighted by atomic mass is 16.5. The van der Waals surface area contributed by atoms with Gasteiger partial charge in [-0.25, -0.2) is 4.79 Å². The fourth-order valence-electron chi connectivity index (χ4n) is 3.36. The molecule has 2 aliphatic heterocycles. The summed E-state index contributed by atoms with van der Waals surface area (Å²) in [7, 11) is 0. The molecule has 2 aromatic rings. The quantitative estimate of drug-likeness (QED) is 0.760. The summed E-state index contributed by atoms with van der Waals surface area (Å²) < 4.78 is 5.39. The maximum atomic E-state index is 12.8. The average Bonchev–Trinajstić information content (AvgIpc) is 2.60. The first-order valence-electron chi connectivity index (χ1n) is 7.87. The second-order valence-corrected chi connectivity index (χ2v) is 6.03. The molecule has 4 rings (SSSR count). The van der Waals surface area contributed by atoms with E-state index in [4.69, 9.17) is 4.74 Å². The zero-order chi connectivity index (χ0) is 15.8. The summed E-state index contributed by atoms with van der Waals surface area (Å²) in [6.07, 6.45) is 0.598. The van der Waals surface area contributed by atoms with Crippen LogP contribution < -0.4 is 0 Å². The first-order chi connectivity index (χ1) is 11.2.